The van der Waals surface area contributed by atoms with Gasteiger partial charge in [0, 0.05) is 0 Å². The predicted octanol–water partition coefficient (Wildman–Crippen LogP) is 2.95. The molecular formula is C16H13N3O2S. The lowest BCUT2D eigenvalue weighted by Crippen LogP contribution is -2.18. The van der Waals surface area contributed by atoms with Crippen LogP contribution in [0.3, 0.4) is 0 Å². The first kappa shape index (κ1) is 14.2. The third-order valence-electron chi connectivity index (χ3n) is 3.22. The van der Waals surface area contributed by atoms with Gasteiger partial charge >= 0.3 is 0 Å². The molecule has 0 amide bonds. The molecule has 3 rings (SSSR count). The Hall–Kier alpha value is -2.73. The van der Waals surface area contributed by atoms with Gasteiger partial charge in [-0.05, 0) is 54.2 Å². The number of nitrogens with one attached hydrogen (secondary N) is 1. The fraction of sp³-hybridized carbons (Fsp3) is 0.0625. The molecule has 1 N–H and O–H groups in total. The van der Waals surface area contributed by atoms with Crippen LogP contribution in [0.4, 0.5) is 0 Å². The molecule has 0 bridgehead atoms. The molecule has 0 radical (unpaired) electrons. The van der Waals surface area contributed by atoms with Crippen molar-refractivity contribution in [1.29, 1.82) is 0 Å². The SMILES string of the molecule is COc1ccc(/C=N/n2c(=S)[nH]c3ccccc3c2=O)cc1. The Labute approximate surface area is 131 Å². The van der Waals surface area contributed by atoms with Crippen molar-refractivity contribution in [3.63, 3.8) is 0 Å². The van der Waals surface area contributed by atoms with E-state index in [1.807, 2.05) is 36.4 Å². The molecule has 0 aliphatic carbocycles. The standard InChI is InChI=1S/C16H13N3O2S/c1-21-12-8-6-11(7-9-12)10-17-19-15(20)13-4-2-3-5-14(13)18-16(19)22/h2-10H,1H3,(H,18,22)/b17-10+. The first-order chi connectivity index (χ1) is 10.7. The largest absolute Gasteiger partial charge is 0.497 e. The summed E-state index contributed by atoms with van der Waals surface area (Å²) < 4.78 is 6.54. The van der Waals surface area contributed by atoms with Crippen LogP contribution in [0.5, 0.6) is 5.75 Å². The Morgan fingerprint density at radius 3 is 2.64 bits per heavy atom. The highest BCUT2D eigenvalue weighted by Crippen LogP contribution is 2.10. The zero-order valence-corrected chi connectivity index (χ0v) is 12.6. The molecule has 1 aromatic heterocycles. The van der Waals surface area contributed by atoms with Gasteiger partial charge in [-0.1, -0.05) is 12.1 Å². The molecule has 0 aliphatic rings. The molecule has 22 heavy (non-hydrogen) atoms. The van der Waals surface area contributed by atoms with E-state index in [4.69, 9.17) is 17.0 Å². The summed E-state index contributed by atoms with van der Waals surface area (Å²) >= 11 is 5.20. The third kappa shape index (κ3) is 2.68. The number of H-pyrrole nitrogens is 1. The number of methoxy groups -OCH3 is 1. The maximum Gasteiger partial charge on any atom is 0.282 e. The summed E-state index contributed by atoms with van der Waals surface area (Å²) in [7, 11) is 1.61. The number of aromatic amines is 1. The minimum atomic E-state index is -0.246. The van der Waals surface area contributed by atoms with Gasteiger partial charge in [-0.2, -0.15) is 9.78 Å². The molecular weight excluding hydrogens is 298 g/mol. The first-order valence-corrected chi connectivity index (χ1v) is 7.02. The number of para-hydroxylation sites is 1. The van der Waals surface area contributed by atoms with Crippen LogP contribution in [0, 0.1) is 4.77 Å². The van der Waals surface area contributed by atoms with Crippen LogP contribution < -0.4 is 10.3 Å². The average Bonchev–Trinajstić information content (AvgIpc) is 2.55. The number of hydrogen-bond donors (Lipinski definition) is 1. The molecule has 0 aliphatic heterocycles. The van der Waals surface area contributed by atoms with Crippen LogP contribution in [0.25, 0.3) is 10.9 Å². The fourth-order valence-electron chi connectivity index (χ4n) is 2.07. The number of hydrogen-bond acceptors (Lipinski definition) is 4. The van der Waals surface area contributed by atoms with Crippen molar-refractivity contribution in [3.05, 3.63) is 69.2 Å². The van der Waals surface area contributed by atoms with Crippen molar-refractivity contribution in [1.82, 2.24) is 9.66 Å². The highest BCUT2D eigenvalue weighted by atomic mass is 32.1. The van der Waals surface area contributed by atoms with Crippen molar-refractivity contribution in [3.8, 4) is 5.75 Å². The van der Waals surface area contributed by atoms with Crippen molar-refractivity contribution < 1.29 is 4.74 Å². The van der Waals surface area contributed by atoms with Crippen LogP contribution in [0.15, 0.2) is 58.4 Å². The number of ether oxygens (including phenoxy) is 1. The Kier molecular flexibility index (Phi) is 3.84. The topological polar surface area (TPSA) is 59.4 Å². The zero-order valence-electron chi connectivity index (χ0n) is 11.8. The van der Waals surface area contributed by atoms with Crippen molar-refractivity contribution in [2.24, 2.45) is 5.10 Å². The van der Waals surface area contributed by atoms with E-state index < -0.39 is 0 Å². The number of rotatable bonds is 3. The highest BCUT2D eigenvalue weighted by molar-refractivity contribution is 7.71. The second-order valence-electron chi connectivity index (χ2n) is 4.61. The Bertz CT molecular complexity index is 956. The fourth-order valence-corrected chi connectivity index (χ4v) is 2.31. The van der Waals surface area contributed by atoms with Gasteiger partial charge in [0.25, 0.3) is 5.56 Å². The van der Waals surface area contributed by atoms with Crippen LogP contribution in [-0.2, 0) is 0 Å². The van der Waals surface area contributed by atoms with Gasteiger partial charge in [0.1, 0.15) is 5.75 Å². The molecule has 110 valence electrons. The van der Waals surface area contributed by atoms with Crippen molar-refractivity contribution in [2.75, 3.05) is 7.11 Å². The quantitative estimate of drug-likeness (QED) is 0.597. The van der Waals surface area contributed by atoms with E-state index in [0.29, 0.717) is 10.9 Å². The van der Waals surface area contributed by atoms with Crippen LogP contribution in [0.2, 0.25) is 0 Å². The van der Waals surface area contributed by atoms with Gasteiger partial charge in [0.2, 0.25) is 4.77 Å². The summed E-state index contributed by atoms with van der Waals surface area (Å²) in [5, 5.41) is 4.73. The van der Waals surface area contributed by atoms with Gasteiger partial charge in [-0.3, -0.25) is 4.79 Å². The second-order valence-corrected chi connectivity index (χ2v) is 5.00. The van der Waals surface area contributed by atoms with Gasteiger partial charge in [0.15, 0.2) is 0 Å². The Morgan fingerprint density at radius 1 is 1.18 bits per heavy atom. The van der Waals surface area contributed by atoms with Gasteiger partial charge in [-0.25, -0.2) is 0 Å². The molecule has 3 aromatic rings. The van der Waals surface area contributed by atoms with Gasteiger partial charge in [0.05, 0.1) is 24.2 Å². The molecule has 0 atom stereocenters. The lowest BCUT2D eigenvalue weighted by Gasteiger charge is -2.02. The summed E-state index contributed by atoms with van der Waals surface area (Å²) in [4.78, 5) is 15.4. The normalized spacial score (nSPS) is 11.1. The third-order valence-corrected chi connectivity index (χ3v) is 3.50. The molecule has 2 aromatic carbocycles. The van der Waals surface area contributed by atoms with Gasteiger partial charge in [-0.15, -0.1) is 0 Å². The minimum Gasteiger partial charge on any atom is -0.497 e. The number of aromatic nitrogens is 2. The predicted molar refractivity (Wildman–Crippen MR) is 89.4 cm³/mol. The summed E-state index contributed by atoms with van der Waals surface area (Å²) in [6, 6.07) is 14.5. The summed E-state index contributed by atoms with van der Waals surface area (Å²) in [5.41, 5.74) is 1.30. The molecule has 0 saturated carbocycles. The average molecular weight is 311 g/mol. The van der Waals surface area contributed by atoms with Crippen molar-refractivity contribution >= 4 is 29.3 Å². The van der Waals surface area contributed by atoms with E-state index in [1.54, 1.807) is 25.5 Å². The summed E-state index contributed by atoms with van der Waals surface area (Å²) in [6.45, 7) is 0. The number of nitrogens with zero attached hydrogens (tertiary/aromatic N) is 2. The number of benzene rings is 2. The van der Waals surface area contributed by atoms with E-state index in [2.05, 4.69) is 10.1 Å². The van der Waals surface area contributed by atoms with E-state index >= 15 is 0 Å². The van der Waals surface area contributed by atoms with E-state index in [1.165, 1.54) is 4.68 Å². The minimum absolute atomic E-state index is 0.246. The summed E-state index contributed by atoms with van der Waals surface area (Å²) in [6.07, 6.45) is 1.58. The van der Waals surface area contributed by atoms with Crippen molar-refractivity contribution in [2.45, 2.75) is 0 Å². The first-order valence-electron chi connectivity index (χ1n) is 6.61. The van der Waals surface area contributed by atoms with Crippen LogP contribution >= 0.6 is 12.2 Å². The summed E-state index contributed by atoms with van der Waals surface area (Å²) in [5.74, 6) is 0.761. The Balaban J connectivity index is 2.04. The highest BCUT2D eigenvalue weighted by Gasteiger charge is 2.03. The van der Waals surface area contributed by atoms with Crippen LogP contribution in [0.1, 0.15) is 5.56 Å². The van der Waals surface area contributed by atoms with Gasteiger partial charge < -0.3 is 9.72 Å². The molecule has 0 fully saturated rings. The molecule has 1 heterocycles. The van der Waals surface area contributed by atoms with Crippen LogP contribution in [-0.4, -0.2) is 23.0 Å². The lowest BCUT2D eigenvalue weighted by molar-refractivity contribution is 0.415. The monoisotopic (exact) mass is 311 g/mol. The maximum absolute atomic E-state index is 12.4. The Morgan fingerprint density at radius 2 is 1.91 bits per heavy atom. The number of fused-ring (bicyclic) bond motifs is 1. The molecule has 5 nitrogen and oxygen atoms in total. The molecule has 0 saturated heterocycles. The zero-order chi connectivity index (χ0) is 15.5. The second kappa shape index (κ2) is 5.95. The van der Waals surface area contributed by atoms with E-state index in [9.17, 15) is 4.79 Å². The smallest absolute Gasteiger partial charge is 0.282 e. The molecule has 0 unspecified atom stereocenters. The molecule has 6 heteroatoms. The van der Waals surface area contributed by atoms with E-state index in [0.717, 1.165) is 11.3 Å². The maximum atomic E-state index is 12.4. The molecule has 0 spiro atoms. The van der Waals surface area contributed by atoms with E-state index in [-0.39, 0.29) is 10.3 Å². The lowest BCUT2D eigenvalue weighted by atomic mass is 10.2.